The second-order valence-corrected chi connectivity index (χ2v) is 25.7. The Balaban J connectivity index is 1.04. The minimum atomic E-state index is -4.29. The maximum atomic E-state index is 15.6. The Morgan fingerprint density at radius 1 is 0.726 bits per heavy atom. The van der Waals surface area contributed by atoms with Gasteiger partial charge in [0.1, 0.15) is 17.9 Å². The summed E-state index contributed by atoms with van der Waals surface area (Å²) >= 11 is 0. The number of carbonyl (C=O) groups is 1. The van der Waals surface area contributed by atoms with Gasteiger partial charge in [-0.3, -0.25) is 23.4 Å². The molecule has 6 aromatic rings. The van der Waals surface area contributed by atoms with Crippen LogP contribution in [0.3, 0.4) is 0 Å². The van der Waals surface area contributed by atoms with Crippen LogP contribution < -0.4 is 15.6 Å². The van der Waals surface area contributed by atoms with Crippen molar-refractivity contribution in [3.63, 3.8) is 0 Å². The van der Waals surface area contributed by atoms with Gasteiger partial charge in [-0.1, -0.05) is 135 Å². The lowest BCUT2D eigenvalue weighted by Gasteiger charge is -2.32. The zero-order chi connectivity index (χ0) is 59.7. The third kappa shape index (κ3) is 11.9. The molecule has 0 amide bonds. The first-order valence-corrected chi connectivity index (χ1v) is 31.8. The smallest absolute Gasteiger partial charge is 0.264 e. The molecule has 4 N–H and O–H groups in total. The fourth-order valence-corrected chi connectivity index (χ4v) is 13.5. The van der Waals surface area contributed by atoms with Gasteiger partial charge in [0.2, 0.25) is 5.69 Å². The van der Waals surface area contributed by atoms with Crippen molar-refractivity contribution in [2.24, 2.45) is 4.99 Å². The lowest BCUT2D eigenvalue weighted by Crippen LogP contribution is -2.36. The quantitative estimate of drug-likeness (QED) is 0.00892. The molecule has 0 spiro atoms. The van der Waals surface area contributed by atoms with E-state index in [1.807, 2.05) is 98.8 Å². The van der Waals surface area contributed by atoms with E-state index in [9.17, 15) is 26.3 Å². The molecule has 84 heavy (non-hydrogen) atoms. The molecule has 14 heteroatoms. The van der Waals surface area contributed by atoms with Crippen molar-refractivity contribution >= 4 is 86.6 Å². The fraction of sp³-hybridized carbons (Fsp3) is 0.257. The van der Waals surface area contributed by atoms with Gasteiger partial charge < -0.3 is 14.6 Å². The van der Waals surface area contributed by atoms with Gasteiger partial charge in [-0.2, -0.15) is 13.0 Å². The molecule has 0 saturated carbocycles. The number of anilines is 2. The number of fused-ring (bicyclic) bond motifs is 8. The normalized spacial score (nSPS) is 16.3. The summed E-state index contributed by atoms with van der Waals surface area (Å²) in [6.07, 6.45) is 18.0. The van der Waals surface area contributed by atoms with Crippen LogP contribution in [0.25, 0.3) is 55.0 Å². The molecular weight excluding hydrogens is 1090 g/mol. The summed E-state index contributed by atoms with van der Waals surface area (Å²) < 4.78 is 74.3. The first kappa shape index (κ1) is 59.2. The summed E-state index contributed by atoms with van der Waals surface area (Å²) in [6.45, 7) is 18.8. The Morgan fingerprint density at radius 2 is 1.40 bits per heavy atom. The van der Waals surface area contributed by atoms with Crippen LogP contribution in [0.4, 0.5) is 17.1 Å². The van der Waals surface area contributed by atoms with E-state index in [2.05, 4.69) is 135 Å². The molecule has 3 heterocycles. The average Bonchev–Trinajstić information content (AvgIpc) is 1.54. The Morgan fingerprint density at radius 3 is 2.12 bits per heavy atom. The molecule has 432 valence electrons. The minimum Gasteiger partial charge on any atom is -0.456 e. The van der Waals surface area contributed by atoms with Crippen LogP contribution in [0.5, 0.6) is 0 Å². The first-order valence-electron chi connectivity index (χ1n) is 28.7. The molecule has 1 aliphatic carbocycles. The van der Waals surface area contributed by atoms with Crippen LogP contribution in [0.15, 0.2) is 191 Å². The zero-order valence-electron chi connectivity index (χ0n) is 48.9. The molecule has 0 radical (unpaired) electrons. The highest BCUT2D eigenvalue weighted by molar-refractivity contribution is 7.91. The summed E-state index contributed by atoms with van der Waals surface area (Å²) in [5, 5.41) is 10.4. The Labute approximate surface area is 493 Å². The van der Waals surface area contributed by atoms with E-state index in [4.69, 9.17) is 9.41 Å². The number of carbonyl (C=O) groups excluding carboxylic acids is 1. The van der Waals surface area contributed by atoms with E-state index < -0.39 is 31.7 Å². The molecule has 1 atom stereocenters. The van der Waals surface area contributed by atoms with Gasteiger partial charge >= 0.3 is 0 Å². The predicted octanol–water partition coefficient (Wildman–Crippen LogP) is 15.1. The number of Topliss-reactive ketones (excluding diaryl/α,β-unsaturated/α-hetero) is 1. The highest BCUT2D eigenvalue weighted by Gasteiger charge is 2.46. The third-order valence-electron chi connectivity index (χ3n) is 16.3. The lowest BCUT2D eigenvalue weighted by molar-refractivity contribution is -0.438. The molecule has 0 fully saturated rings. The van der Waals surface area contributed by atoms with Crippen molar-refractivity contribution in [2.45, 2.75) is 91.5 Å². The molecule has 10 rings (SSSR count). The Bertz CT molecular complexity index is 4410. The zero-order valence-corrected chi connectivity index (χ0v) is 50.5. The van der Waals surface area contributed by atoms with E-state index in [1.165, 1.54) is 11.6 Å². The van der Waals surface area contributed by atoms with Crippen molar-refractivity contribution in [3.05, 3.63) is 215 Å². The first-order chi connectivity index (χ1) is 40.1. The molecule has 4 aliphatic rings. The summed E-state index contributed by atoms with van der Waals surface area (Å²) in [7, 11) is -8.36. The number of rotatable bonds is 19. The molecular formula is C70H73N4O8S2+. The van der Waals surface area contributed by atoms with Gasteiger partial charge in [0.25, 0.3) is 10.1 Å². The highest BCUT2D eigenvalue weighted by atomic mass is 32.2. The van der Waals surface area contributed by atoms with Crippen molar-refractivity contribution in [1.82, 2.24) is 0 Å². The van der Waals surface area contributed by atoms with Crippen molar-refractivity contribution < 1.29 is 40.1 Å². The number of nitrogens with one attached hydrogen (secondary N) is 1. The second-order valence-electron chi connectivity index (χ2n) is 22.8. The van der Waals surface area contributed by atoms with Crippen LogP contribution >= 0.6 is 0 Å². The lowest BCUT2D eigenvalue weighted by atomic mass is 9.79. The molecule has 0 saturated heterocycles. The van der Waals surface area contributed by atoms with Gasteiger partial charge in [-0.15, -0.1) is 0 Å². The van der Waals surface area contributed by atoms with E-state index in [-0.39, 0.29) is 23.4 Å². The fourth-order valence-electron chi connectivity index (χ4n) is 12.6. The number of hydrogen-bond acceptors (Lipinski definition) is 8. The standard InChI is InChI=1S/C70H72N4O8S2/c1-9-71-57-44-62-55(41-46(57)3)66(56-42-47(4)58(72-10-2)45-63(56)82-62)54-31-21-20-30-53(54)61(75)43-50(27-24-40-84(79,80)81)74-60-37-35-49-26-17-19-29-52(49)68(60)70(7,8)65(74)33-15-13-11-12-14-32-64-69(5,6)67-51-28-18-16-25-48(51)34-36-59(67)73(64)38-22-23-39-83(76,77)78/h11-21,24-37,40-42,44-45,50H,9-10,22-23,38-39,43H2,1-8H3,(H3-,71,72,76,77,78,79,80,81)/p+1/b27-24+. The second kappa shape index (κ2) is 23.9. The van der Waals surface area contributed by atoms with Crippen LogP contribution in [0.1, 0.15) is 93.4 Å². The number of hydrogen-bond donors (Lipinski definition) is 4. The van der Waals surface area contributed by atoms with E-state index in [1.54, 1.807) is 6.08 Å². The summed E-state index contributed by atoms with van der Waals surface area (Å²) in [5.74, 6) is 0.180. The SMILES string of the molecule is CCN=c1cc2oc3cc(NCC)c(C)cc3c(-c3ccccc3C(=O)CC(/C=C/C=S(=O)(O)O)N3\C(=C/C=C/C=C/C=C/C4=[N+](CCCCS(=O)(=O)O)c5ccc6ccccc6c5C4(C)C)C(C)(C)c4c3ccc3ccccc43)c-2cc1C. The minimum absolute atomic E-state index is 0.0604. The van der Waals surface area contributed by atoms with Gasteiger partial charge in [0, 0.05) is 106 Å². The Kier molecular flexibility index (Phi) is 16.9. The number of allylic oxidation sites excluding steroid dienone is 9. The van der Waals surface area contributed by atoms with E-state index in [0.717, 1.165) is 106 Å². The number of aryl methyl sites for hydroxylation is 2. The van der Waals surface area contributed by atoms with Gasteiger partial charge in [-0.25, -0.2) is 4.21 Å². The van der Waals surface area contributed by atoms with Gasteiger partial charge in [0.05, 0.1) is 22.6 Å². The van der Waals surface area contributed by atoms with Crippen LogP contribution in [-0.4, -0.2) is 79.2 Å². The predicted molar refractivity (Wildman–Crippen MR) is 347 cm³/mol. The number of ketones is 1. The topological polar surface area (TPSA) is 173 Å². The van der Waals surface area contributed by atoms with E-state index >= 15 is 4.79 Å². The monoisotopic (exact) mass is 1160 g/mol. The van der Waals surface area contributed by atoms with Crippen LogP contribution in [0.2, 0.25) is 0 Å². The third-order valence-corrected chi connectivity index (χ3v) is 17.6. The van der Waals surface area contributed by atoms with Gasteiger partial charge in [0.15, 0.2) is 21.6 Å². The van der Waals surface area contributed by atoms with Crippen molar-refractivity contribution in [3.8, 4) is 22.5 Å². The summed E-state index contributed by atoms with van der Waals surface area (Å²) in [4.78, 5) is 22.5. The molecule has 0 aromatic heterocycles. The summed E-state index contributed by atoms with van der Waals surface area (Å²) in [6, 6.07) is 40.2. The molecule has 12 nitrogen and oxygen atoms in total. The number of benzene rings is 7. The van der Waals surface area contributed by atoms with Crippen molar-refractivity contribution in [2.75, 3.05) is 35.6 Å². The van der Waals surface area contributed by atoms with E-state index in [0.29, 0.717) is 42.8 Å². The van der Waals surface area contributed by atoms with Crippen LogP contribution in [0, 0.1) is 13.8 Å². The highest BCUT2D eigenvalue weighted by Crippen LogP contribution is 2.53. The van der Waals surface area contributed by atoms with Crippen molar-refractivity contribution in [1.29, 1.82) is 0 Å². The number of nitrogens with zero attached hydrogens (tertiary/aromatic N) is 3. The maximum Gasteiger partial charge on any atom is 0.264 e. The number of unbranched alkanes of at least 4 members (excludes halogenated alkanes) is 1. The molecule has 1 unspecified atom stereocenters. The molecule has 0 bridgehead atoms. The maximum absolute atomic E-state index is 15.6. The molecule has 6 aromatic carbocycles. The van der Waals surface area contributed by atoms with Gasteiger partial charge in [-0.05, 0) is 122 Å². The largest absolute Gasteiger partial charge is 0.456 e. The van der Waals surface area contributed by atoms with Crippen LogP contribution in [-0.2, 0) is 31.0 Å². The molecule has 3 aliphatic heterocycles. The Hall–Kier alpha value is -7.98. The summed E-state index contributed by atoms with van der Waals surface area (Å²) in [5.41, 5.74) is 11.7. The average molecular weight is 1160 g/mol.